The molecule has 1 aromatic rings. The first-order chi connectivity index (χ1) is 4.43. The molecule has 0 atom stereocenters. The van der Waals surface area contributed by atoms with Crippen LogP contribution in [-0.2, 0) is 0 Å². The Morgan fingerprint density at radius 1 is 1.20 bits per heavy atom. The van der Waals surface area contributed by atoms with Crippen LogP contribution in [0.4, 0.5) is 5.69 Å². The van der Waals surface area contributed by atoms with Gasteiger partial charge in [0.05, 0.1) is 0 Å². The van der Waals surface area contributed by atoms with Gasteiger partial charge in [-0.05, 0) is 19.1 Å². The summed E-state index contributed by atoms with van der Waals surface area (Å²) in [6.07, 6.45) is 0. The van der Waals surface area contributed by atoms with E-state index in [1.165, 1.54) is 5.69 Å². The van der Waals surface area contributed by atoms with Gasteiger partial charge in [-0.15, -0.1) is 17.0 Å². The first kappa shape index (κ1) is 9.50. The van der Waals surface area contributed by atoms with Crippen LogP contribution in [0.15, 0.2) is 30.3 Å². The molecule has 0 aliphatic rings. The summed E-state index contributed by atoms with van der Waals surface area (Å²) in [6.45, 7) is 3.08. The molecule has 2 heteroatoms. The van der Waals surface area contributed by atoms with Gasteiger partial charge in [0.15, 0.2) is 0 Å². The molecule has 0 spiro atoms. The summed E-state index contributed by atoms with van der Waals surface area (Å²) < 4.78 is 0. The molecule has 1 rings (SSSR count). The standard InChI is InChI=1S/C8H11N.BrH/c1-2-9-8-6-4-3-5-7-8;/h3-7,9H,2H2,1H3;1H. The van der Waals surface area contributed by atoms with E-state index in [1.54, 1.807) is 0 Å². The number of anilines is 1. The zero-order chi connectivity index (χ0) is 6.53. The van der Waals surface area contributed by atoms with Crippen LogP contribution < -0.4 is 5.32 Å². The SMILES string of the molecule is Br.CCNc1ccccc1. The van der Waals surface area contributed by atoms with Crippen molar-refractivity contribution in [3.63, 3.8) is 0 Å². The Labute approximate surface area is 72.2 Å². The molecule has 0 saturated heterocycles. The minimum Gasteiger partial charge on any atom is -0.385 e. The van der Waals surface area contributed by atoms with Crippen molar-refractivity contribution in [2.75, 3.05) is 11.9 Å². The van der Waals surface area contributed by atoms with Crippen molar-refractivity contribution in [1.29, 1.82) is 0 Å². The van der Waals surface area contributed by atoms with Crippen molar-refractivity contribution in [1.82, 2.24) is 0 Å². The fraction of sp³-hybridized carbons (Fsp3) is 0.250. The highest BCUT2D eigenvalue weighted by Gasteiger charge is 1.81. The number of hydrogen-bond donors (Lipinski definition) is 1. The number of nitrogens with one attached hydrogen (secondary N) is 1. The van der Waals surface area contributed by atoms with E-state index in [4.69, 9.17) is 0 Å². The lowest BCUT2D eigenvalue weighted by atomic mass is 10.3. The minimum atomic E-state index is 0. The van der Waals surface area contributed by atoms with E-state index in [1.807, 2.05) is 18.2 Å². The van der Waals surface area contributed by atoms with Crippen LogP contribution in [0.3, 0.4) is 0 Å². The molecule has 0 bridgehead atoms. The maximum absolute atomic E-state index is 3.21. The topological polar surface area (TPSA) is 12.0 Å². The zero-order valence-corrected chi connectivity index (χ0v) is 7.72. The Kier molecular flexibility index (Phi) is 5.03. The van der Waals surface area contributed by atoms with Crippen molar-refractivity contribution in [2.24, 2.45) is 0 Å². The van der Waals surface area contributed by atoms with Crippen molar-refractivity contribution < 1.29 is 0 Å². The van der Waals surface area contributed by atoms with Crippen LogP contribution >= 0.6 is 17.0 Å². The normalized spacial score (nSPS) is 8.10. The quantitative estimate of drug-likeness (QED) is 0.777. The van der Waals surface area contributed by atoms with E-state index in [9.17, 15) is 0 Å². The summed E-state index contributed by atoms with van der Waals surface area (Å²) in [4.78, 5) is 0. The Morgan fingerprint density at radius 3 is 2.30 bits per heavy atom. The van der Waals surface area contributed by atoms with Gasteiger partial charge in [-0.2, -0.15) is 0 Å². The summed E-state index contributed by atoms with van der Waals surface area (Å²) in [6, 6.07) is 10.2. The summed E-state index contributed by atoms with van der Waals surface area (Å²) >= 11 is 0. The third-order valence-electron chi connectivity index (χ3n) is 1.15. The largest absolute Gasteiger partial charge is 0.385 e. The average Bonchev–Trinajstić information content (AvgIpc) is 1.91. The number of rotatable bonds is 2. The number of hydrogen-bond acceptors (Lipinski definition) is 1. The molecular weight excluding hydrogens is 190 g/mol. The predicted octanol–water partition coefficient (Wildman–Crippen LogP) is 2.70. The van der Waals surface area contributed by atoms with Gasteiger partial charge in [-0.3, -0.25) is 0 Å². The van der Waals surface area contributed by atoms with Gasteiger partial charge in [0.1, 0.15) is 0 Å². The Hall–Kier alpha value is -0.500. The fourth-order valence-corrected chi connectivity index (χ4v) is 0.760. The van der Waals surface area contributed by atoms with Crippen molar-refractivity contribution >= 4 is 22.7 Å². The molecule has 56 valence electrons. The highest BCUT2D eigenvalue weighted by Crippen LogP contribution is 2.02. The summed E-state index contributed by atoms with van der Waals surface area (Å²) in [5.74, 6) is 0. The molecule has 0 unspecified atom stereocenters. The smallest absolute Gasteiger partial charge is 0.0340 e. The van der Waals surface area contributed by atoms with E-state index < -0.39 is 0 Å². The van der Waals surface area contributed by atoms with Gasteiger partial charge in [-0.25, -0.2) is 0 Å². The number of para-hydroxylation sites is 1. The van der Waals surface area contributed by atoms with Gasteiger partial charge >= 0.3 is 0 Å². The average molecular weight is 202 g/mol. The molecule has 1 nitrogen and oxygen atoms in total. The second-order valence-electron chi connectivity index (χ2n) is 1.90. The number of benzene rings is 1. The van der Waals surface area contributed by atoms with Crippen molar-refractivity contribution in [3.05, 3.63) is 30.3 Å². The Morgan fingerprint density at radius 2 is 1.80 bits per heavy atom. The van der Waals surface area contributed by atoms with Gasteiger partial charge in [0, 0.05) is 12.2 Å². The predicted molar refractivity (Wildman–Crippen MR) is 50.9 cm³/mol. The highest BCUT2D eigenvalue weighted by molar-refractivity contribution is 8.93. The Balaban J connectivity index is 0.000000810. The molecule has 10 heavy (non-hydrogen) atoms. The summed E-state index contributed by atoms with van der Waals surface area (Å²) in [5, 5.41) is 3.21. The van der Waals surface area contributed by atoms with Crippen LogP contribution in [0.25, 0.3) is 0 Å². The van der Waals surface area contributed by atoms with Gasteiger partial charge in [0.2, 0.25) is 0 Å². The lowest BCUT2D eigenvalue weighted by Gasteiger charge is -1.99. The third-order valence-corrected chi connectivity index (χ3v) is 1.15. The monoisotopic (exact) mass is 201 g/mol. The third kappa shape index (κ3) is 2.87. The van der Waals surface area contributed by atoms with Crippen LogP contribution in [0.5, 0.6) is 0 Å². The molecule has 1 aromatic carbocycles. The van der Waals surface area contributed by atoms with E-state index >= 15 is 0 Å². The van der Waals surface area contributed by atoms with Crippen LogP contribution in [-0.4, -0.2) is 6.54 Å². The van der Waals surface area contributed by atoms with E-state index in [0.29, 0.717) is 0 Å². The van der Waals surface area contributed by atoms with Crippen LogP contribution in [0.1, 0.15) is 6.92 Å². The maximum atomic E-state index is 3.21. The van der Waals surface area contributed by atoms with Gasteiger partial charge < -0.3 is 5.32 Å². The second kappa shape index (κ2) is 5.30. The van der Waals surface area contributed by atoms with Crippen molar-refractivity contribution in [2.45, 2.75) is 6.92 Å². The molecule has 0 aliphatic carbocycles. The first-order valence-electron chi connectivity index (χ1n) is 3.22. The number of halogens is 1. The van der Waals surface area contributed by atoms with Crippen LogP contribution in [0, 0.1) is 0 Å². The summed E-state index contributed by atoms with van der Waals surface area (Å²) in [7, 11) is 0. The molecule has 0 saturated carbocycles. The molecule has 0 radical (unpaired) electrons. The van der Waals surface area contributed by atoms with Gasteiger partial charge in [0.25, 0.3) is 0 Å². The lowest BCUT2D eigenvalue weighted by Crippen LogP contribution is -1.94. The zero-order valence-electron chi connectivity index (χ0n) is 6.00. The molecule has 0 fully saturated rings. The summed E-state index contributed by atoms with van der Waals surface area (Å²) in [5.41, 5.74) is 1.19. The molecular formula is C8H12BrN. The molecule has 0 heterocycles. The fourth-order valence-electron chi connectivity index (χ4n) is 0.760. The Bertz CT molecular complexity index is 162. The van der Waals surface area contributed by atoms with E-state index in [-0.39, 0.29) is 17.0 Å². The van der Waals surface area contributed by atoms with Crippen molar-refractivity contribution in [3.8, 4) is 0 Å². The van der Waals surface area contributed by atoms with Gasteiger partial charge in [-0.1, -0.05) is 18.2 Å². The maximum Gasteiger partial charge on any atom is 0.0340 e. The molecule has 0 aliphatic heterocycles. The van der Waals surface area contributed by atoms with Crippen LogP contribution in [0.2, 0.25) is 0 Å². The minimum absolute atomic E-state index is 0. The molecule has 0 amide bonds. The molecule has 1 N–H and O–H groups in total. The van der Waals surface area contributed by atoms with E-state index in [0.717, 1.165) is 6.54 Å². The van der Waals surface area contributed by atoms with E-state index in [2.05, 4.69) is 24.4 Å². The highest BCUT2D eigenvalue weighted by atomic mass is 79.9. The molecule has 0 aromatic heterocycles. The second-order valence-corrected chi connectivity index (χ2v) is 1.90. The first-order valence-corrected chi connectivity index (χ1v) is 3.22. The lowest BCUT2D eigenvalue weighted by molar-refractivity contribution is 1.21.